The van der Waals surface area contributed by atoms with Crippen LogP contribution in [0.1, 0.15) is 50.1 Å². The van der Waals surface area contributed by atoms with Crippen molar-refractivity contribution < 1.29 is 8.42 Å². The van der Waals surface area contributed by atoms with E-state index < -0.39 is 10.0 Å². The molecule has 6 nitrogen and oxygen atoms in total. The Morgan fingerprint density at radius 1 is 1.14 bits per heavy atom. The van der Waals surface area contributed by atoms with Gasteiger partial charge >= 0.3 is 0 Å². The summed E-state index contributed by atoms with van der Waals surface area (Å²) in [6.07, 6.45) is 4.11. The zero-order valence-corrected chi connectivity index (χ0v) is 18.7. The molecule has 0 spiro atoms. The number of aryl methyl sites for hydroxylation is 2. The number of thiazole rings is 1. The van der Waals surface area contributed by atoms with Crippen molar-refractivity contribution in [1.82, 2.24) is 14.7 Å². The summed E-state index contributed by atoms with van der Waals surface area (Å²) in [5, 5.41) is 4.14. The highest BCUT2D eigenvalue weighted by atomic mass is 32.2. The Balaban J connectivity index is 1.53. The zero-order chi connectivity index (χ0) is 20.3. The number of nitrogens with zero attached hydrogens (tertiary/aromatic N) is 2. The van der Waals surface area contributed by atoms with Crippen LogP contribution in [0.4, 0.5) is 5.13 Å². The van der Waals surface area contributed by atoms with Crippen LogP contribution in [0.5, 0.6) is 0 Å². The Morgan fingerprint density at radius 3 is 2.50 bits per heavy atom. The lowest BCUT2D eigenvalue weighted by Gasteiger charge is -2.29. The highest BCUT2D eigenvalue weighted by Gasteiger charge is 2.24. The maximum atomic E-state index is 11.9. The van der Waals surface area contributed by atoms with Crippen molar-refractivity contribution in [3.63, 3.8) is 0 Å². The number of nitrogens with one attached hydrogen (secondary N) is 2. The molecule has 28 heavy (non-hydrogen) atoms. The van der Waals surface area contributed by atoms with Crippen LogP contribution in [-0.2, 0) is 10.0 Å². The van der Waals surface area contributed by atoms with E-state index in [4.69, 9.17) is 4.98 Å². The first-order valence-electron chi connectivity index (χ1n) is 9.91. The normalized spacial score (nSPS) is 20.5. The fraction of sp³-hybridized carbons (Fsp3) is 0.600. The molecule has 0 amide bonds. The first kappa shape index (κ1) is 21.2. The molecule has 0 aliphatic heterocycles. The third kappa shape index (κ3) is 5.30. The van der Waals surface area contributed by atoms with Crippen molar-refractivity contribution in [3.05, 3.63) is 28.8 Å². The molecule has 1 fully saturated rings. The molecule has 8 heteroatoms. The molecule has 2 aromatic heterocycles. The SMILES string of the molecule is Cc1cccc(-c2nc(N[C@H]3CC[C@H](CNS(=O)(=O)C(C)C)CC3)sc2C)n1. The molecule has 2 heterocycles. The highest BCUT2D eigenvalue weighted by molar-refractivity contribution is 7.90. The molecular weight excluding hydrogens is 392 g/mol. The van der Waals surface area contributed by atoms with Gasteiger partial charge in [0.2, 0.25) is 10.0 Å². The van der Waals surface area contributed by atoms with E-state index >= 15 is 0 Å². The molecule has 0 unspecified atom stereocenters. The topological polar surface area (TPSA) is 84.0 Å². The number of sulfonamides is 1. The van der Waals surface area contributed by atoms with Crippen LogP contribution in [0.25, 0.3) is 11.4 Å². The molecule has 0 bridgehead atoms. The fourth-order valence-corrected chi connectivity index (χ4v) is 5.16. The maximum Gasteiger partial charge on any atom is 0.213 e. The van der Waals surface area contributed by atoms with Crippen LogP contribution in [0.2, 0.25) is 0 Å². The predicted molar refractivity (Wildman–Crippen MR) is 116 cm³/mol. The monoisotopic (exact) mass is 422 g/mol. The molecule has 2 aromatic rings. The third-order valence-electron chi connectivity index (χ3n) is 5.30. The van der Waals surface area contributed by atoms with Crippen LogP contribution in [0.15, 0.2) is 18.2 Å². The first-order chi connectivity index (χ1) is 13.2. The van der Waals surface area contributed by atoms with Gasteiger partial charge in [-0.25, -0.2) is 18.1 Å². The molecule has 1 saturated carbocycles. The number of anilines is 1. The van der Waals surface area contributed by atoms with Crippen molar-refractivity contribution in [2.24, 2.45) is 5.92 Å². The molecular formula is C20H30N4O2S2. The van der Waals surface area contributed by atoms with Gasteiger partial charge < -0.3 is 5.32 Å². The summed E-state index contributed by atoms with van der Waals surface area (Å²) in [7, 11) is -3.17. The van der Waals surface area contributed by atoms with Crippen molar-refractivity contribution in [2.75, 3.05) is 11.9 Å². The van der Waals surface area contributed by atoms with E-state index in [2.05, 4.69) is 21.9 Å². The molecule has 0 radical (unpaired) electrons. The van der Waals surface area contributed by atoms with E-state index in [-0.39, 0.29) is 5.25 Å². The second kappa shape index (κ2) is 8.88. The maximum absolute atomic E-state index is 11.9. The molecule has 0 atom stereocenters. The van der Waals surface area contributed by atoms with Gasteiger partial charge in [-0.05, 0) is 71.4 Å². The van der Waals surface area contributed by atoms with Crippen LogP contribution in [0, 0.1) is 19.8 Å². The van der Waals surface area contributed by atoms with Crippen LogP contribution in [0.3, 0.4) is 0 Å². The molecule has 3 rings (SSSR count). The molecule has 154 valence electrons. The number of aromatic nitrogens is 2. The smallest absolute Gasteiger partial charge is 0.213 e. The fourth-order valence-electron chi connectivity index (χ4n) is 3.46. The Labute approximate surface area is 172 Å². The Kier molecular flexibility index (Phi) is 6.73. The van der Waals surface area contributed by atoms with Crippen LogP contribution < -0.4 is 10.0 Å². The Bertz CT molecular complexity index is 901. The molecule has 1 aliphatic rings. The minimum atomic E-state index is -3.17. The lowest BCUT2D eigenvalue weighted by atomic mass is 9.86. The van der Waals surface area contributed by atoms with Crippen LogP contribution >= 0.6 is 11.3 Å². The van der Waals surface area contributed by atoms with E-state index in [1.165, 1.54) is 0 Å². The second-order valence-electron chi connectivity index (χ2n) is 7.89. The lowest BCUT2D eigenvalue weighted by Crippen LogP contribution is -2.37. The van der Waals surface area contributed by atoms with Crippen molar-refractivity contribution >= 4 is 26.5 Å². The summed E-state index contributed by atoms with van der Waals surface area (Å²) < 4.78 is 26.6. The summed E-state index contributed by atoms with van der Waals surface area (Å²) in [5.74, 6) is 0.414. The first-order valence-corrected chi connectivity index (χ1v) is 12.3. The van der Waals surface area contributed by atoms with E-state index in [9.17, 15) is 8.42 Å². The largest absolute Gasteiger partial charge is 0.359 e. The summed E-state index contributed by atoms with van der Waals surface area (Å²) in [6.45, 7) is 8.04. The van der Waals surface area contributed by atoms with Crippen molar-refractivity contribution in [2.45, 2.75) is 64.7 Å². The number of rotatable bonds is 7. The highest BCUT2D eigenvalue weighted by Crippen LogP contribution is 2.32. The van der Waals surface area contributed by atoms with E-state index in [0.717, 1.165) is 52.8 Å². The van der Waals surface area contributed by atoms with Gasteiger partial charge in [0.1, 0.15) is 5.69 Å². The van der Waals surface area contributed by atoms with E-state index in [1.54, 1.807) is 25.2 Å². The minimum Gasteiger partial charge on any atom is -0.359 e. The van der Waals surface area contributed by atoms with E-state index in [0.29, 0.717) is 18.5 Å². The van der Waals surface area contributed by atoms with E-state index in [1.807, 2.05) is 25.1 Å². The predicted octanol–water partition coefficient (Wildman–Crippen LogP) is 4.12. The van der Waals surface area contributed by atoms with Gasteiger partial charge in [-0.3, -0.25) is 4.98 Å². The number of hydrogen-bond donors (Lipinski definition) is 2. The second-order valence-corrected chi connectivity index (χ2v) is 11.4. The average Bonchev–Trinajstić information content (AvgIpc) is 3.01. The Morgan fingerprint density at radius 2 is 1.86 bits per heavy atom. The lowest BCUT2D eigenvalue weighted by molar-refractivity contribution is 0.337. The molecule has 0 aromatic carbocycles. The zero-order valence-electron chi connectivity index (χ0n) is 17.0. The quantitative estimate of drug-likeness (QED) is 0.701. The van der Waals surface area contributed by atoms with Gasteiger partial charge in [0.15, 0.2) is 5.13 Å². The van der Waals surface area contributed by atoms with Gasteiger partial charge in [-0.2, -0.15) is 0 Å². The van der Waals surface area contributed by atoms with Gasteiger partial charge in [0.25, 0.3) is 0 Å². The number of pyridine rings is 1. The molecule has 2 N–H and O–H groups in total. The summed E-state index contributed by atoms with van der Waals surface area (Å²) in [6, 6.07) is 6.40. The van der Waals surface area contributed by atoms with Crippen molar-refractivity contribution in [3.8, 4) is 11.4 Å². The summed E-state index contributed by atoms with van der Waals surface area (Å²) >= 11 is 1.67. The van der Waals surface area contributed by atoms with Gasteiger partial charge in [-0.15, -0.1) is 11.3 Å². The summed E-state index contributed by atoms with van der Waals surface area (Å²) in [5.41, 5.74) is 2.86. The Hall–Kier alpha value is -1.51. The minimum absolute atomic E-state index is 0.379. The molecule has 1 aliphatic carbocycles. The van der Waals surface area contributed by atoms with Crippen molar-refractivity contribution in [1.29, 1.82) is 0 Å². The van der Waals surface area contributed by atoms with Gasteiger partial charge in [-0.1, -0.05) is 6.07 Å². The number of hydrogen-bond acceptors (Lipinski definition) is 6. The molecule has 0 saturated heterocycles. The standard InChI is InChI=1S/C20H30N4O2S2/c1-13(2)28(25,26)21-12-16-8-10-17(11-9-16)23-20-24-19(15(4)27-20)18-7-5-6-14(3)22-18/h5-7,13,16-17,21H,8-12H2,1-4H3,(H,23,24)/t16-,17-. The summed E-state index contributed by atoms with van der Waals surface area (Å²) in [4.78, 5) is 10.5. The van der Waals surface area contributed by atoms with Crippen LogP contribution in [-0.4, -0.2) is 36.2 Å². The average molecular weight is 423 g/mol. The van der Waals surface area contributed by atoms with Gasteiger partial charge in [0.05, 0.1) is 10.9 Å². The van der Waals surface area contributed by atoms with Gasteiger partial charge in [0, 0.05) is 23.2 Å². The third-order valence-corrected chi connectivity index (χ3v) is 8.01.